The normalized spacial score (nSPS) is 18.0. The number of aryl methyl sites for hydroxylation is 2. The third-order valence-electron chi connectivity index (χ3n) is 8.16. The van der Waals surface area contributed by atoms with E-state index in [4.69, 9.17) is 0 Å². The number of nitrogens with one attached hydrogen (secondary N) is 2. The molecule has 2 amide bonds. The zero-order valence-electron chi connectivity index (χ0n) is 23.0. The summed E-state index contributed by atoms with van der Waals surface area (Å²) in [6.07, 6.45) is 18.1. The molecule has 0 bridgehead atoms. The molecule has 0 aromatic carbocycles. The molecule has 5 heterocycles. The molecule has 1 atom stereocenters. The van der Waals surface area contributed by atoms with E-state index >= 15 is 0 Å². The van der Waals surface area contributed by atoms with Crippen LogP contribution >= 0.6 is 0 Å². The summed E-state index contributed by atoms with van der Waals surface area (Å²) >= 11 is 0. The molecule has 0 spiro atoms. The largest absolute Gasteiger partial charge is 0.325 e. The summed E-state index contributed by atoms with van der Waals surface area (Å²) in [6.45, 7) is 4.02. The molecule has 0 radical (unpaired) electrons. The molecule has 2 N–H and O–H groups in total. The lowest BCUT2D eigenvalue weighted by atomic mass is 10.1. The smallest absolute Gasteiger partial charge is 0.259 e. The van der Waals surface area contributed by atoms with Gasteiger partial charge in [0.2, 0.25) is 5.91 Å². The number of hydrogen-bond donors (Lipinski definition) is 2. The van der Waals surface area contributed by atoms with E-state index in [1.54, 1.807) is 40.1 Å². The molecule has 4 aromatic rings. The van der Waals surface area contributed by atoms with Crippen LogP contribution in [0.15, 0.2) is 43.2 Å². The summed E-state index contributed by atoms with van der Waals surface area (Å²) in [7, 11) is 1.84. The van der Waals surface area contributed by atoms with Crippen LogP contribution in [0.2, 0.25) is 0 Å². The van der Waals surface area contributed by atoms with Gasteiger partial charge >= 0.3 is 0 Å². The number of amides is 2. The molecule has 2 fully saturated rings. The summed E-state index contributed by atoms with van der Waals surface area (Å²) in [4.78, 5) is 37.6. The average Bonchev–Trinajstić information content (AvgIpc) is 3.75. The fourth-order valence-corrected chi connectivity index (χ4v) is 6.00. The van der Waals surface area contributed by atoms with E-state index in [0.717, 1.165) is 37.4 Å². The second-order valence-electron chi connectivity index (χ2n) is 11.1. The van der Waals surface area contributed by atoms with Gasteiger partial charge in [0, 0.05) is 37.8 Å². The van der Waals surface area contributed by atoms with Crippen molar-refractivity contribution in [1.29, 1.82) is 0 Å². The summed E-state index contributed by atoms with van der Waals surface area (Å²) in [5, 5.41) is 14.5. The Morgan fingerprint density at radius 2 is 1.82 bits per heavy atom. The molecule has 11 nitrogen and oxygen atoms in total. The lowest BCUT2D eigenvalue weighted by molar-refractivity contribution is -0.117. The summed E-state index contributed by atoms with van der Waals surface area (Å²) in [6, 6.07) is 2.05. The maximum Gasteiger partial charge on any atom is 0.259 e. The van der Waals surface area contributed by atoms with E-state index in [1.807, 2.05) is 20.2 Å². The molecule has 6 rings (SSSR count). The minimum Gasteiger partial charge on any atom is -0.325 e. The monoisotopic (exact) mass is 541 g/mol. The lowest BCUT2D eigenvalue weighted by Crippen LogP contribution is -2.36. The maximum atomic E-state index is 13.2. The number of aromatic nitrogens is 6. The van der Waals surface area contributed by atoms with Crippen LogP contribution in [-0.2, 0) is 11.8 Å². The second-order valence-corrected chi connectivity index (χ2v) is 11.1. The zero-order valence-corrected chi connectivity index (χ0v) is 23.0. The number of hydrogen-bond acceptors (Lipinski definition) is 7. The molecule has 1 aliphatic carbocycles. The number of nitrogens with zero attached hydrogens (tertiary/aromatic N) is 7. The van der Waals surface area contributed by atoms with Crippen LogP contribution < -0.4 is 10.6 Å². The first kappa shape index (κ1) is 26.1. The highest BCUT2D eigenvalue weighted by atomic mass is 16.2. The van der Waals surface area contributed by atoms with Crippen molar-refractivity contribution in [3.8, 4) is 11.3 Å². The number of carbonyl (C=O) groups excluding carboxylic acids is 2. The van der Waals surface area contributed by atoms with Gasteiger partial charge in [-0.15, -0.1) is 0 Å². The van der Waals surface area contributed by atoms with Crippen molar-refractivity contribution in [2.75, 3.05) is 23.7 Å². The van der Waals surface area contributed by atoms with Crippen LogP contribution in [0.3, 0.4) is 0 Å². The van der Waals surface area contributed by atoms with E-state index in [2.05, 4.69) is 35.7 Å². The van der Waals surface area contributed by atoms with Crippen LogP contribution in [-0.4, -0.2) is 65.2 Å². The quantitative estimate of drug-likeness (QED) is 0.345. The highest BCUT2D eigenvalue weighted by Gasteiger charge is 2.29. The van der Waals surface area contributed by atoms with Crippen molar-refractivity contribution in [1.82, 2.24) is 34.3 Å². The van der Waals surface area contributed by atoms with Gasteiger partial charge in [-0.1, -0.05) is 12.8 Å². The van der Waals surface area contributed by atoms with Crippen molar-refractivity contribution in [3.05, 3.63) is 54.5 Å². The van der Waals surface area contributed by atoms with E-state index in [9.17, 15) is 9.59 Å². The van der Waals surface area contributed by atoms with Gasteiger partial charge in [-0.25, -0.2) is 4.52 Å². The first-order valence-electron chi connectivity index (χ1n) is 14.1. The standard InChI is InChI=1S/C29H35N9O2/c1-19-25(35-29(40)24-14-33-38-18-26(31-15-27(24)38)21-12-32-36(2)17-21)10-22(13-30-19)34-28(39)11-23-8-5-9-37(23)16-20-6-3-4-7-20/h10,12-15,17-18,20,23H,3-9,11,16H2,1-2H3,(H,34,39)(H,35,40)/t23-/m1/s1. The molecule has 11 heteroatoms. The highest BCUT2D eigenvalue weighted by molar-refractivity contribution is 6.09. The van der Waals surface area contributed by atoms with Gasteiger partial charge < -0.3 is 10.6 Å². The molecule has 2 aliphatic rings. The minimum atomic E-state index is -0.326. The highest BCUT2D eigenvalue weighted by Crippen LogP contribution is 2.30. The Morgan fingerprint density at radius 3 is 2.62 bits per heavy atom. The number of rotatable bonds is 8. The van der Waals surface area contributed by atoms with Gasteiger partial charge in [-0.2, -0.15) is 10.2 Å². The van der Waals surface area contributed by atoms with E-state index in [0.29, 0.717) is 46.3 Å². The predicted molar refractivity (Wildman–Crippen MR) is 152 cm³/mol. The Morgan fingerprint density at radius 1 is 0.975 bits per heavy atom. The Bertz CT molecular complexity index is 1540. The molecular weight excluding hydrogens is 506 g/mol. The fraction of sp³-hybridized carbons (Fsp3) is 0.448. The predicted octanol–water partition coefficient (Wildman–Crippen LogP) is 4.07. The number of fused-ring (bicyclic) bond motifs is 1. The van der Waals surface area contributed by atoms with Crippen molar-refractivity contribution in [2.45, 2.75) is 57.9 Å². The van der Waals surface area contributed by atoms with E-state index < -0.39 is 0 Å². The van der Waals surface area contributed by atoms with Gasteiger partial charge in [-0.05, 0) is 51.1 Å². The van der Waals surface area contributed by atoms with E-state index in [-0.39, 0.29) is 11.8 Å². The Hall–Kier alpha value is -4.12. The first-order chi connectivity index (χ1) is 19.4. The maximum absolute atomic E-state index is 13.2. The molecule has 40 heavy (non-hydrogen) atoms. The zero-order chi connectivity index (χ0) is 27.6. The molecule has 1 aliphatic heterocycles. The number of carbonyl (C=O) groups is 2. The Balaban J connectivity index is 1.11. The number of likely N-dealkylation sites (tertiary alicyclic amines) is 1. The summed E-state index contributed by atoms with van der Waals surface area (Å²) in [5.74, 6) is 0.431. The number of pyridine rings is 1. The molecule has 4 aromatic heterocycles. The van der Waals surface area contributed by atoms with Gasteiger partial charge in [0.05, 0.1) is 64.8 Å². The summed E-state index contributed by atoms with van der Waals surface area (Å²) in [5.41, 5.74) is 4.29. The van der Waals surface area contributed by atoms with Crippen molar-refractivity contribution in [2.24, 2.45) is 13.0 Å². The fourth-order valence-electron chi connectivity index (χ4n) is 6.00. The van der Waals surface area contributed by atoms with Crippen molar-refractivity contribution >= 4 is 28.7 Å². The third kappa shape index (κ3) is 5.60. The van der Waals surface area contributed by atoms with Gasteiger partial charge in [0.25, 0.3) is 5.91 Å². The van der Waals surface area contributed by atoms with Crippen LogP contribution in [0.25, 0.3) is 16.8 Å². The van der Waals surface area contributed by atoms with Crippen molar-refractivity contribution in [3.63, 3.8) is 0 Å². The topological polar surface area (TPSA) is 122 Å². The second kappa shape index (κ2) is 11.2. The lowest BCUT2D eigenvalue weighted by Gasteiger charge is -2.27. The summed E-state index contributed by atoms with van der Waals surface area (Å²) < 4.78 is 3.34. The number of anilines is 2. The van der Waals surface area contributed by atoms with Crippen LogP contribution in [0.5, 0.6) is 0 Å². The molecule has 1 saturated carbocycles. The molecule has 0 unspecified atom stereocenters. The SMILES string of the molecule is Cc1ncc(NC(=O)C[C@H]2CCCN2CC2CCCC2)cc1NC(=O)c1cnn2cc(-c3cnn(C)c3)ncc12. The van der Waals surface area contributed by atoms with Crippen LogP contribution in [0, 0.1) is 12.8 Å². The van der Waals surface area contributed by atoms with Gasteiger partial charge in [0.1, 0.15) is 0 Å². The molecule has 208 valence electrons. The van der Waals surface area contributed by atoms with Gasteiger partial charge in [-0.3, -0.25) is 29.1 Å². The average molecular weight is 542 g/mol. The minimum absolute atomic E-state index is 0.0237. The van der Waals surface area contributed by atoms with Gasteiger partial charge in [0.15, 0.2) is 0 Å². The molecule has 1 saturated heterocycles. The Kier molecular flexibility index (Phi) is 7.29. The van der Waals surface area contributed by atoms with Crippen LogP contribution in [0.1, 0.15) is 61.0 Å². The van der Waals surface area contributed by atoms with E-state index in [1.165, 1.54) is 31.9 Å². The molecular formula is C29H35N9O2. The third-order valence-corrected chi connectivity index (χ3v) is 8.16. The Labute approximate surface area is 233 Å². The van der Waals surface area contributed by atoms with Crippen molar-refractivity contribution < 1.29 is 9.59 Å². The van der Waals surface area contributed by atoms with Crippen LogP contribution in [0.4, 0.5) is 11.4 Å². The first-order valence-corrected chi connectivity index (χ1v) is 14.1.